The first-order valence-electron chi connectivity index (χ1n) is 8.71. The highest BCUT2D eigenvalue weighted by atomic mass is 16.1. The molecule has 0 bridgehead atoms. The quantitative estimate of drug-likeness (QED) is 0.362. The number of rotatable bonds is 2. The van der Waals surface area contributed by atoms with E-state index in [1.165, 1.54) is 0 Å². The third-order valence-electron chi connectivity index (χ3n) is 4.80. The van der Waals surface area contributed by atoms with Crippen molar-refractivity contribution in [3.63, 3.8) is 0 Å². The van der Waals surface area contributed by atoms with Crippen molar-refractivity contribution in [2.45, 2.75) is 6.54 Å². The van der Waals surface area contributed by atoms with Gasteiger partial charge >= 0.3 is 0 Å². The van der Waals surface area contributed by atoms with Gasteiger partial charge in [0.15, 0.2) is 0 Å². The first kappa shape index (κ1) is 15.5. The summed E-state index contributed by atoms with van der Waals surface area (Å²) in [5, 5.41) is 1.03. The molecule has 0 aliphatic rings. The van der Waals surface area contributed by atoms with E-state index >= 15 is 0 Å². The minimum absolute atomic E-state index is 0.156. The molecular formula is C22H15N3O2. The summed E-state index contributed by atoms with van der Waals surface area (Å²) in [6, 6.07) is 24.1. The summed E-state index contributed by atoms with van der Waals surface area (Å²) in [5.74, 6) is 0.353. The van der Waals surface area contributed by atoms with Crippen LogP contribution in [0.3, 0.4) is 0 Å². The summed E-state index contributed by atoms with van der Waals surface area (Å²) < 4.78 is 3.12. The number of fused-ring (bicyclic) bond motifs is 4. The standard InChI is InChI=1S/C22H15N3O2/c26-20-17-11-5-7-13-19(17)25-21(27)16-10-4-6-12-18(16)23-22(25)24(20)14-15-8-2-1-3-9-15/h1-13H,14H2. The van der Waals surface area contributed by atoms with Crippen LogP contribution >= 0.6 is 0 Å². The SMILES string of the molecule is O=c1c2ccccc2n2c(=O)c3ccccc3nc2n1Cc1ccccc1. The fourth-order valence-corrected chi connectivity index (χ4v) is 3.51. The fraction of sp³-hybridized carbons (Fsp3) is 0.0455. The number of aromatic nitrogens is 3. The van der Waals surface area contributed by atoms with Crippen molar-refractivity contribution in [2.75, 3.05) is 0 Å². The van der Waals surface area contributed by atoms with Crippen molar-refractivity contribution in [1.29, 1.82) is 0 Å². The minimum Gasteiger partial charge on any atom is -0.273 e. The zero-order chi connectivity index (χ0) is 18.4. The highest BCUT2D eigenvalue weighted by molar-refractivity contribution is 5.84. The van der Waals surface area contributed by atoms with Gasteiger partial charge in [0.25, 0.3) is 11.1 Å². The third kappa shape index (κ3) is 2.36. The molecule has 5 nitrogen and oxygen atoms in total. The van der Waals surface area contributed by atoms with Gasteiger partial charge in [0.05, 0.1) is 28.4 Å². The third-order valence-corrected chi connectivity index (χ3v) is 4.80. The largest absolute Gasteiger partial charge is 0.273 e. The van der Waals surface area contributed by atoms with Gasteiger partial charge in [-0.25, -0.2) is 9.38 Å². The highest BCUT2D eigenvalue weighted by Gasteiger charge is 2.15. The predicted octanol–water partition coefficient (Wildman–Crippen LogP) is 3.21. The van der Waals surface area contributed by atoms with Gasteiger partial charge in [0.2, 0.25) is 5.78 Å². The van der Waals surface area contributed by atoms with E-state index in [0.29, 0.717) is 34.1 Å². The smallest absolute Gasteiger partial charge is 0.267 e. The normalized spacial score (nSPS) is 11.4. The van der Waals surface area contributed by atoms with Gasteiger partial charge in [-0.05, 0) is 29.8 Å². The molecule has 2 aromatic heterocycles. The Labute approximate surface area is 153 Å². The molecule has 5 heteroatoms. The van der Waals surface area contributed by atoms with E-state index in [9.17, 15) is 9.59 Å². The molecule has 0 amide bonds. The predicted molar refractivity (Wildman–Crippen MR) is 106 cm³/mol. The molecule has 27 heavy (non-hydrogen) atoms. The second kappa shape index (κ2) is 5.92. The molecule has 0 spiro atoms. The summed E-state index contributed by atoms with van der Waals surface area (Å²) in [7, 11) is 0. The number of hydrogen-bond donors (Lipinski definition) is 0. The summed E-state index contributed by atoms with van der Waals surface area (Å²) >= 11 is 0. The molecule has 2 heterocycles. The molecule has 0 fully saturated rings. The van der Waals surface area contributed by atoms with Crippen molar-refractivity contribution < 1.29 is 0 Å². The van der Waals surface area contributed by atoms with Crippen molar-refractivity contribution in [2.24, 2.45) is 0 Å². The van der Waals surface area contributed by atoms with Gasteiger partial charge in [0.1, 0.15) is 0 Å². The average molecular weight is 353 g/mol. The monoisotopic (exact) mass is 353 g/mol. The molecular weight excluding hydrogens is 338 g/mol. The maximum atomic E-state index is 13.2. The Morgan fingerprint density at radius 3 is 2.19 bits per heavy atom. The van der Waals surface area contributed by atoms with Crippen molar-refractivity contribution in [3.05, 3.63) is 105 Å². The first-order chi connectivity index (χ1) is 13.2. The van der Waals surface area contributed by atoms with Gasteiger partial charge in [-0.2, -0.15) is 0 Å². The molecule has 0 radical (unpaired) electrons. The van der Waals surface area contributed by atoms with Crippen LogP contribution in [0, 0.1) is 0 Å². The number of hydrogen-bond acceptors (Lipinski definition) is 3. The Bertz CT molecular complexity index is 1430. The van der Waals surface area contributed by atoms with E-state index in [-0.39, 0.29) is 11.1 Å². The van der Waals surface area contributed by atoms with Gasteiger partial charge in [-0.3, -0.25) is 14.2 Å². The zero-order valence-electron chi connectivity index (χ0n) is 14.4. The number of nitrogens with zero attached hydrogens (tertiary/aromatic N) is 3. The molecule has 0 saturated carbocycles. The van der Waals surface area contributed by atoms with Gasteiger partial charge in [-0.1, -0.05) is 54.6 Å². The minimum atomic E-state index is -0.173. The van der Waals surface area contributed by atoms with E-state index in [1.807, 2.05) is 54.6 Å². The van der Waals surface area contributed by atoms with E-state index in [4.69, 9.17) is 0 Å². The topological polar surface area (TPSA) is 56.4 Å². The highest BCUT2D eigenvalue weighted by Crippen LogP contribution is 2.15. The van der Waals surface area contributed by atoms with E-state index in [2.05, 4.69) is 4.98 Å². The summed E-state index contributed by atoms with van der Waals surface area (Å²) in [6.07, 6.45) is 0. The Morgan fingerprint density at radius 1 is 0.704 bits per heavy atom. The summed E-state index contributed by atoms with van der Waals surface area (Å²) in [4.78, 5) is 31.1. The Morgan fingerprint density at radius 2 is 1.37 bits per heavy atom. The van der Waals surface area contributed by atoms with Crippen LogP contribution in [0.1, 0.15) is 5.56 Å². The van der Waals surface area contributed by atoms with E-state index in [0.717, 1.165) is 5.56 Å². The summed E-state index contributed by atoms with van der Waals surface area (Å²) in [5.41, 5.74) is 1.80. The molecule has 0 aliphatic carbocycles. The molecule has 130 valence electrons. The molecule has 0 unspecified atom stereocenters. The first-order valence-corrected chi connectivity index (χ1v) is 8.71. The number of para-hydroxylation sites is 2. The molecule has 0 atom stereocenters. The fourth-order valence-electron chi connectivity index (χ4n) is 3.51. The van der Waals surface area contributed by atoms with Crippen LogP contribution < -0.4 is 11.1 Å². The van der Waals surface area contributed by atoms with Gasteiger partial charge in [-0.15, -0.1) is 0 Å². The van der Waals surface area contributed by atoms with Gasteiger partial charge < -0.3 is 0 Å². The molecule has 3 aromatic carbocycles. The van der Waals surface area contributed by atoms with Crippen LogP contribution in [0.15, 0.2) is 88.5 Å². The molecule has 0 saturated heterocycles. The van der Waals surface area contributed by atoms with Crippen molar-refractivity contribution in [3.8, 4) is 0 Å². The molecule has 5 aromatic rings. The van der Waals surface area contributed by atoms with Crippen molar-refractivity contribution >= 4 is 27.6 Å². The van der Waals surface area contributed by atoms with E-state index in [1.54, 1.807) is 33.2 Å². The van der Waals surface area contributed by atoms with E-state index < -0.39 is 0 Å². The second-order valence-electron chi connectivity index (χ2n) is 6.46. The van der Waals surface area contributed by atoms with Crippen LogP contribution in [0.25, 0.3) is 27.6 Å². The Kier molecular flexibility index (Phi) is 3.40. The number of benzene rings is 3. The Hall–Kier alpha value is -3.73. The zero-order valence-corrected chi connectivity index (χ0v) is 14.4. The average Bonchev–Trinajstić information content (AvgIpc) is 2.72. The summed E-state index contributed by atoms with van der Waals surface area (Å²) in [6.45, 7) is 0.346. The lowest BCUT2D eigenvalue weighted by molar-refractivity contribution is 0.760. The van der Waals surface area contributed by atoms with Crippen LogP contribution in [0.4, 0.5) is 0 Å². The lowest BCUT2D eigenvalue weighted by Gasteiger charge is -2.14. The van der Waals surface area contributed by atoms with Crippen LogP contribution in [0.2, 0.25) is 0 Å². The Balaban J connectivity index is 1.99. The lowest BCUT2D eigenvalue weighted by Crippen LogP contribution is -2.29. The molecule has 0 aliphatic heterocycles. The van der Waals surface area contributed by atoms with Crippen molar-refractivity contribution in [1.82, 2.24) is 14.0 Å². The maximum Gasteiger partial charge on any atom is 0.267 e. The van der Waals surface area contributed by atoms with Gasteiger partial charge in [0, 0.05) is 0 Å². The molecule has 0 N–H and O–H groups in total. The van der Waals surface area contributed by atoms with Crippen LogP contribution in [0.5, 0.6) is 0 Å². The lowest BCUT2D eigenvalue weighted by atomic mass is 10.2. The van der Waals surface area contributed by atoms with Crippen LogP contribution in [-0.2, 0) is 6.54 Å². The van der Waals surface area contributed by atoms with Crippen LogP contribution in [-0.4, -0.2) is 14.0 Å². The maximum absolute atomic E-state index is 13.2. The second-order valence-corrected chi connectivity index (χ2v) is 6.46. The molecule has 5 rings (SSSR count).